The van der Waals surface area contributed by atoms with E-state index >= 15 is 0 Å². The molecule has 21 heavy (non-hydrogen) atoms. The molecule has 0 bridgehead atoms. The molecule has 1 heterocycles. The molecule has 2 rings (SSSR count). The summed E-state index contributed by atoms with van der Waals surface area (Å²) in [5.74, 6) is 0.970. The molecule has 0 aliphatic carbocycles. The molecule has 0 unspecified atom stereocenters. The maximum Gasteiger partial charge on any atom is 0.287 e. The van der Waals surface area contributed by atoms with E-state index in [4.69, 9.17) is 9.47 Å². The second-order valence-corrected chi connectivity index (χ2v) is 4.99. The number of benzene rings is 1. The molecule has 0 saturated heterocycles. The number of carbonyl (C=O) groups excluding carboxylic acids is 1. The summed E-state index contributed by atoms with van der Waals surface area (Å²) in [6.07, 6.45) is 3.19. The molecule has 7 heteroatoms. The first-order valence-corrected chi connectivity index (χ1v) is 6.82. The minimum Gasteiger partial charge on any atom is -0.497 e. The van der Waals surface area contributed by atoms with E-state index in [0.717, 1.165) is 10.0 Å². The van der Waals surface area contributed by atoms with Gasteiger partial charge in [-0.15, -0.1) is 0 Å². The Morgan fingerprint density at radius 1 is 1.24 bits per heavy atom. The molecule has 0 saturated carbocycles. The molecule has 2 aromatic rings. The number of aromatic amines is 1. The molecular formula is C14H14BrN3O3. The second kappa shape index (κ2) is 6.94. The summed E-state index contributed by atoms with van der Waals surface area (Å²) in [4.78, 5) is 14.6. The summed E-state index contributed by atoms with van der Waals surface area (Å²) in [6.45, 7) is 0. The zero-order valence-electron chi connectivity index (χ0n) is 11.5. The fourth-order valence-corrected chi connectivity index (χ4v) is 1.97. The number of nitrogens with one attached hydrogen (secondary N) is 2. The van der Waals surface area contributed by atoms with Crippen molar-refractivity contribution in [3.05, 3.63) is 46.2 Å². The van der Waals surface area contributed by atoms with Crippen molar-refractivity contribution in [3.8, 4) is 11.5 Å². The zero-order chi connectivity index (χ0) is 15.2. The quantitative estimate of drug-likeness (QED) is 0.642. The van der Waals surface area contributed by atoms with Gasteiger partial charge in [-0.25, -0.2) is 5.43 Å². The van der Waals surface area contributed by atoms with Gasteiger partial charge in [0.15, 0.2) is 0 Å². The average molecular weight is 352 g/mol. The Morgan fingerprint density at radius 2 is 1.90 bits per heavy atom. The lowest BCUT2D eigenvalue weighted by molar-refractivity contribution is 0.0951. The zero-order valence-corrected chi connectivity index (χ0v) is 13.1. The van der Waals surface area contributed by atoms with E-state index in [1.54, 1.807) is 44.7 Å². The SMILES string of the molecule is COc1cc(/C=N\NC(=O)c2cc(Br)c[nH]2)cc(OC)c1. The number of rotatable bonds is 5. The van der Waals surface area contributed by atoms with Crippen molar-refractivity contribution < 1.29 is 14.3 Å². The van der Waals surface area contributed by atoms with Crippen LogP contribution in [0.2, 0.25) is 0 Å². The van der Waals surface area contributed by atoms with Gasteiger partial charge in [0.2, 0.25) is 0 Å². The fourth-order valence-electron chi connectivity index (χ4n) is 1.63. The Kier molecular flexibility index (Phi) is 4.99. The topological polar surface area (TPSA) is 75.7 Å². The first-order valence-electron chi connectivity index (χ1n) is 6.03. The molecule has 0 atom stereocenters. The van der Waals surface area contributed by atoms with Crippen molar-refractivity contribution in [2.24, 2.45) is 5.10 Å². The lowest BCUT2D eigenvalue weighted by Gasteiger charge is -2.05. The summed E-state index contributed by atoms with van der Waals surface area (Å²) >= 11 is 3.26. The predicted molar refractivity (Wildman–Crippen MR) is 83.1 cm³/mol. The minimum atomic E-state index is -0.327. The summed E-state index contributed by atoms with van der Waals surface area (Å²) in [5, 5.41) is 3.91. The van der Waals surface area contributed by atoms with E-state index in [1.807, 2.05) is 0 Å². The minimum absolute atomic E-state index is 0.327. The summed E-state index contributed by atoms with van der Waals surface area (Å²) in [6, 6.07) is 6.98. The van der Waals surface area contributed by atoms with E-state index in [-0.39, 0.29) is 5.91 Å². The van der Waals surface area contributed by atoms with Crippen LogP contribution in [0.4, 0.5) is 0 Å². The molecule has 0 spiro atoms. The van der Waals surface area contributed by atoms with Crippen LogP contribution in [-0.4, -0.2) is 31.3 Å². The molecule has 1 aromatic carbocycles. The Bertz CT molecular complexity index is 645. The van der Waals surface area contributed by atoms with Crippen LogP contribution in [0.5, 0.6) is 11.5 Å². The number of hydrogen-bond donors (Lipinski definition) is 2. The van der Waals surface area contributed by atoms with Gasteiger partial charge >= 0.3 is 0 Å². The van der Waals surface area contributed by atoms with Crippen LogP contribution in [0.25, 0.3) is 0 Å². The van der Waals surface area contributed by atoms with Crippen LogP contribution in [0.3, 0.4) is 0 Å². The number of halogens is 1. The number of H-pyrrole nitrogens is 1. The van der Waals surface area contributed by atoms with Crippen LogP contribution in [0.1, 0.15) is 16.1 Å². The summed E-state index contributed by atoms with van der Waals surface area (Å²) < 4.78 is 11.1. The maximum atomic E-state index is 11.8. The molecule has 2 N–H and O–H groups in total. The fraction of sp³-hybridized carbons (Fsp3) is 0.143. The number of ether oxygens (including phenoxy) is 2. The van der Waals surface area contributed by atoms with Crippen molar-refractivity contribution >= 4 is 28.1 Å². The third-order valence-electron chi connectivity index (χ3n) is 2.65. The van der Waals surface area contributed by atoms with Gasteiger partial charge in [0.05, 0.1) is 20.4 Å². The third kappa shape index (κ3) is 4.09. The van der Waals surface area contributed by atoms with E-state index in [2.05, 4.69) is 31.4 Å². The lowest BCUT2D eigenvalue weighted by Crippen LogP contribution is -2.17. The van der Waals surface area contributed by atoms with Crippen molar-refractivity contribution in [2.75, 3.05) is 14.2 Å². The van der Waals surface area contributed by atoms with Gasteiger partial charge in [-0.1, -0.05) is 0 Å². The van der Waals surface area contributed by atoms with Crippen LogP contribution in [0, 0.1) is 0 Å². The molecule has 110 valence electrons. The number of hydrazone groups is 1. The van der Waals surface area contributed by atoms with Crippen LogP contribution in [0.15, 0.2) is 40.0 Å². The summed E-state index contributed by atoms with van der Waals surface area (Å²) in [7, 11) is 3.14. The van der Waals surface area contributed by atoms with Gasteiger partial charge in [-0.3, -0.25) is 4.79 Å². The van der Waals surface area contributed by atoms with Gasteiger partial charge in [-0.05, 0) is 34.1 Å². The molecule has 6 nitrogen and oxygen atoms in total. The molecule has 0 aliphatic rings. The van der Waals surface area contributed by atoms with Gasteiger partial charge in [-0.2, -0.15) is 5.10 Å². The van der Waals surface area contributed by atoms with Gasteiger partial charge in [0.25, 0.3) is 5.91 Å². The van der Waals surface area contributed by atoms with E-state index < -0.39 is 0 Å². The van der Waals surface area contributed by atoms with E-state index in [9.17, 15) is 4.79 Å². The van der Waals surface area contributed by atoms with Crippen molar-refractivity contribution in [2.45, 2.75) is 0 Å². The van der Waals surface area contributed by atoms with Gasteiger partial charge in [0, 0.05) is 22.3 Å². The largest absolute Gasteiger partial charge is 0.497 e. The van der Waals surface area contributed by atoms with E-state index in [0.29, 0.717) is 17.2 Å². The Morgan fingerprint density at radius 3 is 2.43 bits per heavy atom. The predicted octanol–water partition coefficient (Wildman–Crippen LogP) is 2.56. The molecule has 1 aromatic heterocycles. The monoisotopic (exact) mass is 351 g/mol. The highest BCUT2D eigenvalue weighted by Gasteiger charge is 2.06. The number of aromatic nitrogens is 1. The van der Waals surface area contributed by atoms with Crippen LogP contribution >= 0.6 is 15.9 Å². The average Bonchev–Trinajstić information content (AvgIpc) is 2.93. The van der Waals surface area contributed by atoms with Crippen molar-refractivity contribution in [3.63, 3.8) is 0 Å². The first kappa shape index (κ1) is 15.1. The Hall–Kier alpha value is -2.28. The highest BCUT2D eigenvalue weighted by molar-refractivity contribution is 9.10. The highest BCUT2D eigenvalue weighted by atomic mass is 79.9. The second-order valence-electron chi connectivity index (χ2n) is 4.08. The Labute approximate surface area is 130 Å². The van der Waals surface area contributed by atoms with Gasteiger partial charge < -0.3 is 14.5 Å². The smallest absolute Gasteiger partial charge is 0.287 e. The van der Waals surface area contributed by atoms with Gasteiger partial charge in [0.1, 0.15) is 17.2 Å². The first-order chi connectivity index (χ1) is 10.1. The number of amides is 1. The maximum absolute atomic E-state index is 11.8. The van der Waals surface area contributed by atoms with Crippen LogP contribution < -0.4 is 14.9 Å². The van der Waals surface area contributed by atoms with E-state index in [1.165, 1.54) is 6.21 Å². The number of carbonyl (C=O) groups is 1. The molecule has 0 radical (unpaired) electrons. The highest BCUT2D eigenvalue weighted by Crippen LogP contribution is 2.21. The van der Waals surface area contributed by atoms with Crippen molar-refractivity contribution in [1.82, 2.24) is 10.4 Å². The molecule has 0 aliphatic heterocycles. The Balaban J connectivity index is 2.05. The third-order valence-corrected chi connectivity index (χ3v) is 3.10. The van der Waals surface area contributed by atoms with Crippen molar-refractivity contribution in [1.29, 1.82) is 0 Å². The number of methoxy groups -OCH3 is 2. The standard InChI is InChI=1S/C14H14BrN3O3/c1-20-11-3-9(4-12(6-11)21-2)7-17-18-14(19)13-5-10(15)8-16-13/h3-8,16H,1-2H3,(H,18,19)/b17-7-. The molecular weight excluding hydrogens is 338 g/mol. The normalized spacial score (nSPS) is 10.6. The molecule has 1 amide bonds. The van der Waals surface area contributed by atoms with Crippen LogP contribution in [-0.2, 0) is 0 Å². The molecule has 0 fully saturated rings. The summed E-state index contributed by atoms with van der Waals surface area (Å²) in [5.41, 5.74) is 3.60. The number of hydrogen-bond acceptors (Lipinski definition) is 4. The lowest BCUT2D eigenvalue weighted by atomic mass is 10.2. The number of nitrogens with zero attached hydrogens (tertiary/aromatic N) is 1.